The van der Waals surface area contributed by atoms with E-state index in [0.717, 1.165) is 25.1 Å². The van der Waals surface area contributed by atoms with E-state index in [0.29, 0.717) is 18.2 Å². The lowest BCUT2D eigenvalue weighted by atomic mass is 9.76. The normalized spacial score (nSPS) is 19.4. The van der Waals surface area contributed by atoms with E-state index in [1.165, 1.54) is 5.57 Å². The molecule has 0 atom stereocenters. The third-order valence-electron chi connectivity index (χ3n) is 3.35. The number of Topliss-reactive ketones (excluding diaryl/α,β-unsaturated/α-hetero) is 1. The first kappa shape index (κ1) is 14.4. The second-order valence-electron chi connectivity index (χ2n) is 6.44. The number of hydrogen-bond acceptors (Lipinski definition) is 2. The van der Waals surface area contributed by atoms with Crippen LogP contribution in [-0.2, 0) is 4.79 Å². The molecular weight excluding hydrogens is 210 g/mol. The van der Waals surface area contributed by atoms with E-state index in [9.17, 15) is 4.79 Å². The molecule has 0 spiro atoms. The maximum absolute atomic E-state index is 12.3. The molecule has 1 rings (SSSR count). The molecule has 0 fully saturated rings. The van der Waals surface area contributed by atoms with Crippen molar-refractivity contribution < 1.29 is 4.79 Å². The Labute approximate surface area is 106 Å². The van der Waals surface area contributed by atoms with E-state index in [4.69, 9.17) is 0 Å². The highest BCUT2D eigenvalue weighted by molar-refractivity contribution is 5.99. The van der Waals surface area contributed by atoms with Crippen molar-refractivity contribution in [2.45, 2.75) is 48.0 Å². The molecule has 0 radical (unpaired) electrons. The minimum absolute atomic E-state index is 0.0189. The molecule has 1 aliphatic rings. The topological polar surface area (TPSA) is 20.3 Å². The predicted octanol–water partition coefficient (Wildman–Crippen LogP) is 3.28. The number of carbonyl (C=O) groups excluding carboxylic acids is 1. The number of nitrogens with zero attached hydrogens (tertiary/aromatic N) is 1. The van der Waals surface area contributed by atoms with E-state index in [1.54, 1.807) is 0 Å². The second-order valence-corrected chi connectivity index (χ2v) is 6.44. The lowest BCUT2D eigenvalue weighted by Crippen LogP contribution is -2.42. The van der Waals surface area contributed by atoms with Crippen molar-refractivity contribution in [2.24, 2.45) is 11.3 Å². The van der Waals surface area contributed by atoms with Gasteiger partial charge in [-0.25, -0.2) is 0 Å². The largest absolute Gasteiger partial charge is 0.293 e. The van der Waals surface area contributed by atoms with Crippen LogP contribution in [0.1, 0.15) is 48.0 Å². The fraction of sp³-hybridized carbons (Fsp3) is 0.800. The lowest BCUT2D eigenvalue weighted by Gasteiger charge is -2.36. The van der Waals surface area contributed by atoms with Gasteiger partial charge in [-0.2, -0.15) is 0 Å². The van der Waals surface area contributed by atoms with Gasteiger partial charge in [0.25, 0.3) is 0 Å². The van der Waals surface area contributed by atoms with E-state index in [-0.39, 0.29) is 5.41 Å². The summed E-state index contributed by atoms with van der Waals surface area (Å²) in [6.07, 6.45) is 1.11. The van der Waals surface area contributed by atoms with Crippen LogP contribution in [0.25, 0.3) is 0 Å². The molecule has 0 bridgehead atoms. The summed E-state index contributed by atoms with van der Waals surface area (Å²) in [4.78, 5) is 14.6. The molecule has 0 amide bonds. The van der Waals surface area contributed by atoms with Crippen molar-refractivity contribution in [3.8, 4) is 0 Å². The smallest absolute Gasteiger partial charge is 0.173 e. The van der Waals surface area contributed by atoms with Crippen LogP contribution in [0.3, 0.4) is 0 Å². The van der Waals surface area contributed by atoms with Crippen LogP contribution in [0.2, 0.25) is 0 Å². The molecule has 98 valence electrons. The van der Waals surface area contributed by atoms with Gasteiger partial charge in [-0.3, -0.25) is 9.69 Å². The Morgan fingerprint density at radius 3 is 2.24 bits per heavy atom. The lowest BCUT2D eigenvalue weighted by molar-refractivity contribution is -0.118. The van der Waals surface area contributed by atoms with Gasteiger partial charge in [-0.15, -0.1) is 0 Å². The maximum Gasteiger partial charge on any atom is 0.173 e. The summed E-state index contributed by atoms with van der Waals surface area (Å²) >= 11 is 0. The number of hydrogen-bond donors (Lipinski definition) is 0. The molecule has 17 heavy (non-hydrogen) atoms. The molecule has 0 aromatic carbocycles. The van der Waals surface area contributed by atoms with Crippen LogP contribution in [0.4, 0.5) is 0 Å². The van der Waals surface area contributed by atoms with Gasteiger partial charge < -0.3 is 0 Å². The van der Waals surface area contributed by atoms with Crippen LogP contribution in [0.15, 0.2) is 11.1 Å². The number of rotatable bonds is 3. The molecular formula is C15H27NO. The minimum Gasteiger partial charge on any atom is -0.293 e. The summed E-state index contributed by atoms with van der Waals surface area (Å²) in [7, 11) is 0. The standard InChI is InChI=1S/C15H27NO/c1-7-8-16-9-12(11(2)3)14(13(17)10-16)15(4,5)6/h11H,7-10H2,1-6H3. The van der Waals surface area contributed by atoms with E-state index in [1.807, 2.05) is 0 Å². The van der Waals surface area contributed by atoms with Gasteiger partial charge in [-0.1, -0.05) is 41.5 Å². The van der Waals surface area contributed by atoms with Crippen molar-refractivity contribution in [3.63, 3.8) is 0 Å². The summed E-state index contributed by atoms with van der Waals surface area (Å²) in [6, 6.07) is 0. The third-order valence-corrected chi connectivity index (χ3v) is 3.35. The van der Waals surface area contributed by atoms with Crippen LogP contribution in [0.5, 0.6) is 0 Å². The van der Waals surface area contributed by atoms with Gasteiger partial charge in [0.05, 0.1) is 6.54 Å². The van der Waals surface area contributed by atoms with Crippen molar-refractivity contribution in [1.29, 1.82) is 0 Å². The quantitative estimate of drug-likeness (QED) is 0.751. The Morgan fingerprint density at radius 2 is 1.82 bits per heavy atom. The third kappa shape index (κ3) is 3.41. The predicted molar refractivity (Wildman–Crippen MR) is 73.1 cm³/mol. The van der Waals surface area contributed by atoms with Crippen molar-refractivity contribution in [3.05, 3.63) is 11.1 Å². The summed E-state index contributed by atoms with van der Waals surface area (Å²) in [5, 5.41) is 0. The monoisotopic (exact) mass is 237 g/mol. The van der Waals surface area contributed by atoms with E-state index >= 15 is 0 Å². The first-order chi connectivity index (χ1) is 7.77. The van der Waals surface area contributed by atoms with Gasteiger partial charge in [0, 0.05) is 12.1 Å². The molecule has 0 aromatic heterocycles. The highest BCUT2D eigenvalue weighted by atomic mass is 16.1. The van der Waals surface area contributed by atoms with E-state index in [2.05, 4.69) is 46.4 Å². The van der Waals surface area contributed by atoms with Gasteiger partial charge in [0.15, 0.2) is 5.78 Å². The Kier molecular flexibility index (Phi) is 4.54. The van der Waals surface area contributed by atoms with Crippen molar-refractivity contribution in [1.82, 2.24) is 4.90 Å². The first-order valence-electron chi connectivity index (χ1n) is 6.76. The Bertz CT molecular complexity index is 320. The molecule has 2 heteroatoms. The highest BCUT2D eigenvalue weighted by Gasteiger charge is 2.33. The van der Waals surface area contributed by atoms with Crippen LogP contribution in [0, 0.1) is 11.3 Å². The highest BCUT2D eigenvalue weighted by Crippen LogP contribution is 2.34. The molecule has 0 saturated heterocycles. The Hall–Kier alpha value is -0.630. The summed E-state index contributed by atoms with van der Waals surface area (Å²) in [6.45, 7) is 15.6. The molecule has 2 nitrogen and oxygen atoms in total. The molecule has 1 heterocycles. The zero-order valence-corrected chi connectivity index (χ0v) is 12.3. The summed E-state index contributed by atoms with van der Waals surface area (Å²) in [5.41, 5.74) is 2.41. The SMILES string of the molecule is CCCN1CC(=O)C(C(C)(C)C)=C(C(C)C)C1. The molecule has 0 aliphatic carbocycles. The average Bonchev–Trinajstić information content (AvgIpc) is 2.14. The Balaban J connectivity index is 3.10. The first-order valence-corrected chi connectivity index (χ1v) is 6.76. The number of carbonyl (C=O) groups is 1. The fourth-order valence-corrected chi connectivity index (χ4v) is 2.68. The molecule has 1 aliphatic heterocycles. The van der Waals surface area contributed by atoms with Crippen molar-refractivity contribution in [2.75, 3.05) is 19.6 Å². The average molecular weight is 237 g/mol. The van der Waals surface area contributed by atoms with Crippen molar-refractivity contribution >= 4 is 5.78 Å². The Morgan fingerprint density at radius 1 is 1.24 bits per heavy atom. The summed E-state index contributed by atoms with van der Waals surface area (Å²) in [5.74, 6) is 0.800. The van der Waals surface area contributed by atoms with Gasteiger partial charge in [0.2, 0.25) is 0 Å². The van der Waals surface area contributed by atoms with Gasteiger partial charge in [-0.05, 0) is 29.9 Å². The van der Waals surface area contributed by atoms with Gasteiger partial charge in [0.1, 0.15) is 0 Å². The maximum atomic E-state index is 12.3. The summed E-state index contributed by atoms with van der Waals surface area (Å²) < 4.78 is 0. The van der Waals surface area contributed by atoms with Crippen LogP contribution in [-0.4, -0.2) is 30.3 Å². The fourth-order valence-electron chi connectivity index (χ4n) is 2.68. The van der Waals surface area contributed by atoms with Gasteiger partial charge >= 0.3 is 0 Å². The minimum atomic E-state index is -0.0189. The molecule has 0 unspecified atom stereocenters. The second kappa shape index (κ2) is 5.34. The zero-order valence-electron chi connectivity index (χ0n) is 12.3. The molecule has 0 saturated carbocycles. The molecule has 0 N–H and O–H groups in total. The number of ketones is 1. The zero-order chi connectivity index (χ0) is 13.2. The van der Waals surface area contributed by atoms with E-state index < -0.39 is 0 Å². The van der Waals surface area contributed by atoms with Crippen LogP contribution < -0.4 is 0 Å². The molecule has 0 aromatic rings. The van der Waals surface area contributed by atoms with Crippen LogP contribution >= 0.6 is 0 Å².